The SMILES string of the molecule is COc1ccc(Cl)c(C(C)(C)CC(=O)O)c1OC(C)C. The lowest BCUT2D eigenvalue weighted by molar-refractivity contribution is -0.138. The molecule has 0 amide bonds. The highest BCUT2D eigenvalue weighted by atomic mass is 35.5. The number of hydrogen-bond donors (Lipinski definition) is 1. The molecule has 5 heteroatoms. The van der Waals surface area contributed by atoms with Crippen LogP contribution in [-0.4, -0.2) is 24.3 Å². The topological polar surface area (TPSA) is 55.8 Å². The number of halogens is 1. The molecule has 1 rings (SSSR count). The zero-order valence-corrected chi connectivity index (χ0v) is 13.2. The van der Waals surface area contributed by atoms with Crippen LogP contribution in [0.3, 0.4) is 0 Å². The fourth-order valence-corrected chi connectivity index (χ4v) is 2.55. The number of carboxylic acids is 1. The van der Waals surface area contributed by atoms with Crippen LogP contribution in [0.15, 0.2) is 12.1 Å². The van der Waals surface area contributed by atoms with Crippen molar-refractivity contribution in [3.8, 4) is 11.5 Å². The molecule has 0 aromatic heterocycles. The summed E-state index contributed by atoms with van der Waals surface area (Å²) in [6.07, 6.45) is -0.115. The van der Waals surface area contributed by atoms with Crippen LogP contribution in [0.5, 0.6) is 11.5 Å². The van der Waals surface area contributed by atoms with E-state index in [1.165, 1.54) is 0 Å². The van der Waals surface area contributed by atoms with Crippen molar-refractivity contribution >= 4 is 17.6 Å². The molecular weight excluding hydrogens is 280 g/mol. The highest BCUT2D eigenvalue weighted by Gasteiger charge is 2.32. The summed E-state index contributed by atoms with van der Waals surface area (Å²) in [7, 11) is 1.55. The van der Waals surface area contributed by atoms with E-state index in [1.807, 2.05) is 27.7 Å². The Morgan fingerprint density at radius 2 is 2.00 bits per heavy atom. The average molecular weight is 301 g/mol. The number of ether oxygens (including phenoxy) is 2. The molecule has 20 heavy (non-hydrogen) atoms. The summed E-state index contributed by atoms with van der Waals surface area (Å²) in [6.45, 7) is 7.45. The van der Waals surface area contributed by atoms with Gasteiger partial charge in [-0.2, -0.15) is 0 Å². The lowest BCUT2D eigenvalue weighted by atomic mass is 9.80. The minimum atomic E-state index is -0.885. The lowest BCUT2D eigenvalue weighted by Crippen LogP contribution is -2.24. The number of aliphatic carboxylic acids is 1. The molecule has 0 spiro atoms. The van der Waals surface area contributed by atoms with Gasteiger partial charge < -0.3 is 14.6 Å². The molecule has 0 heterocycles. The van der Waals surface area contributed by atoms with E-state index in [-0.39, 0.29) is 12.5 Å². The van der Waals surface area contributed by atoms with Crippen molar-refractivity contribution in [1.82, 2.24) is 0 Å². The predicted molar refractivity (Wildman–Crippen MR) is 79.0 cm³/mol. The fourth-order valence-electron chi connectivity index (χ4n) is 2.15. The van der Waals surface area contributed by atoms with Gasteiger partial charge in [-0.05, 0) is 26.0 Å². The number of carbonyl (C=O) groups is 1. The molecule has 0 saturated carbocycles. The van der Waals surface area contributed by atoms with Crippen molar-refractivity contribution in [2.45, 2.75) is 45.6 Å². The second-order valence-electron chi connectivity index (χ2n) is 5.57. The van der Waals surface area contributed by atoms with Gasteiger partial charge in [-0.25, -0.2) is 0 Å². The fraction of sp³-hybridized carbons (Fsp3) is 0.533. The Hall–Kier alpha value is -1.42. The summed E-state index contributed by atoms with van der Waals surface area (Å²) >= 11 is 6.28. The van der Waals surface area contributed by atoms with Gasteiger partial charge >= 0.3 is 5.97 Å². The maximum atomic E-state index is 11.1. The van der Waals surface area contributed by atoms with Gasteiger partial charge in [0.2, 0.25) is 0 Å². The van der Waals surface area contributed by atoms with Crippen LogP contribution in [0.2, 0.25) is 5.02 Å². The summed E-state index contributed by atoms with van der Waals surface area (Å²) in [4.78, 5) is 11.1. The third-order valence-electron chi connectivity index (χ3n) is 2.91. The lowest BCUT2D eigenvalue weighted by Gasteiger charge is -2.28. The van der Waals surface area contributed by atoms with E-state index < -0.39 is 11.4 Å². The molecule has 4 nitrogen and oxygen atoms in total. The minimum absolute atomic E-state index is 0.0473. The molecule has 0 aliphatic heterocycles. The third kappa shape index (κ3) is 3.79. The molecule has 1 N–H and O–H groups in total. The number of hydrogen-bond acceptors (Lipinski definition) is 3. The van der Waals surface area contributed by atoms with Crippen molar-refractivity contribution in [2.75, 3.05) is 7.11 Å². The second kappa shape index (κ2) is 6.35. The van der Waals surface area contributed by atoms with E-state index in [0.717, 1.165) is 0 Å². The van der Waals surface area contributed by atoms with Crippen LogP contribution >= 0.6 is 11.6 Å². The quantitative estimate of drug-likeness (QED) is 0.866. The summed E-state index contributed by atoms with van der Waals surface area (Å²) in [5.74, 6) is 0.183. The van der Waals surface area contributed by atoms with Gasteiger partial charge in [-0.3, -0.25) is 4.79 Å². The number of methoxy groups -OCH3 is 1. The highest BCUT2D eigenvalue weighted by Crippen LogP contribution is 2.45. The summed E-state index contributed by atoms with van der Waals surface area (Å²) < 4.78 is 11.1. The van der Waals surface area contributed by atoms with Gasteiger partial charge in [0.25, 0.3) is 0 Å². The second-order valence-corrected chi connectivity index (χ2v) is 5.98. The molecule has 0 aliphatic carbocycles. The molecule has 0 unspecified atom stereocenters. The smallest absolute Gasteiger partial charge is 0.304 e. The van der Waals surface area contributed by atoms with Crippen LogP contribution in [-0.2, 0) is 10.2 Å². The van der Waals surface area contributed by atoms with E-state index in [1.54, 1.807) is 19.2 Å². The zero-order chi connectivity index (χ0) is 15.5. The van der Waals surface area contributed by atoms with Crippen molar-refractivity contribution in [1.29, 1.82) is 0 Å². The molecule has 0 fully saturated rings. The van der Waals surface area contributed by atoms with Crippen LogP contribution < -0.4 is 9.47 Å². The Labute approximate surface area is 124 Å². The Bertz CT molecular complexity index is 495. The number of rotatable bonds is 6. The Morgan fingerprint density at radius 3 is 2.45 bits per heavy atom. The molecular formula is C15H21ClO4. The summed E-state index contributed by atoms with van der Waals surface area (Å²) in [6, 6.07) is 3.42. The number of carboxylic acid groups (broad SMARTS) is 1. The van der Waals surface area contributed by atoms with Gasteiger partial charge in [0.05, 0.1) is 19.6 Å². The first-order valence-corrected chi connectivity index (χ1v) is 6.82. The number of benzene rings is 1. The Kier molecular flexibility index (Phi) is 5.28. The van der Waals surface area contributed by atoms with Crippen molar-refractivity contribution < 1.29 is 19.4 Å². The van der Waals surface area contributed by atoms with Crippen LogP contribution in [0, 0.1) is 0 Å². The van der Waals surface area contributed by atoms with E-state index in [4.69, 9.17) is 26.2 Å². The zero-order valence-electron chi connectivity index (χ0n) is 12.5. The molecule has 112 valence electrons. The monoisotopic (exact) mass is 300 g/mol. The van der Waals surface area contributed by atoms with Gasteiger partial charge in [-0.15, -0.1) is 0 Å². The minimum Gasteiger partial charge on any atom is -0.493 e. The van der Waals surface area contributed by atoms with Crippen molar-refractivity contribution in [3.63, 3.8) is 0 Å². The van der Waals surface area contributed by atoms with E-state index >= 15 is 0 Å². The maximum Gasteiger partial charge on any atom is 0.304 e. The molecule has 1 aromatic carbocycles. The first-order valence-electron chi connectivity index (χ1n) is 6.44. The highest BCUT2D eigenvalue weighted by molar-refractivity contribution is 6.31. The molecule has 1 aromatic rings. The third-order valence-corrected chi connectivity index (χ3v) is 3.23. The Morgan fingerprint density at radius 1 is 1.40 bits per heavy atom. The van der Waals surface area contributed by atoms with Crippen LogP contribution in [0.4, 0.5) is 0 Å². The van der Waals surface area contributed by atoms with Crippen LogP contribution in [0.25, 0.3) is 0 Å². The summed E-state index contributed by atoms with van der Waals surface area (Å²) in [5, 5.41) is 9.56. The van der Waals surface area contributed by atoms with Gasteiger partial charge in [0.1, 0.15) is 0 Å². The van der Waals surface area contributed by atoms with E-state index in [2.05, 4.69) is 0 Å². The standard InChI is InChI=1S/C15H21ClO4/c1-9(2)20-14-11(19-5)7-6-10(16)13(14)15(3,4)8-12(17)18/h6-7,9H,8H2,1-5H3,(H,17,18). The van der Waals surface area contributed by atoms with Gasteiger partial charge in [-0.1, -0.05) is 25.4 Å². The largest absolute Gasteiger partial charge is 0.493 e. The van der Waals surface area contributed by atoms with E-state index in [0.29, 0.717) is 22.1 Å². The van der Waals surface area contributed by atoms with E-state index in [9.17, 15) is 4.79 Å². The average Bonchev–Trinajstić information content (AvgIpc) is 2.26. The van der Waals surface area contributed by atoms with Gasteiger partial charge in [0.15, 0.2) is 11.5 Å². The predicted octanol–water partition coefficient (Wildman–Crippen LogP) is 3.89. The normalized spacial score (nSPS) is 11.6. The molecule has 0 atom stereocenters. The van der Waals surface area contributed by atoms with Crippen molar-refractivity contribution in [3.05, 3.63) is 22.7 Å². The molecule has 0 bridgehead atoms. The molecule has 0 radical (unpaired) electrons. The Balaban J connectivity index is 3.45. The summed E-state index contributed by atoms with van der Waals surface area (Å²) in [5.41, 5.74) is -0.00332. The molecule has 0 aliphatic rings. The van der Waals surface area contributed by atoms with Crippen molar-refractivity contribution in [2.24, 2.45) is 0 Å². The maximum absolute atomic E-state index is 11.1. The first-order chi connectivity index (χ1) is 9.19. The van der Waals surface area contributed by atoms with Gasteiger partial charge in [0, 0.05) is 16.0 Å². The molecule has 0 saturated heterocycles. The first kappa shape index (κ1) is 16.6. The van der Waals surface area contributed by atoms with Crippen LogP contribution in [0.1, 0.15) is 39.7 Å².